The Hall–Kier alpha value is -3.49. The number of para-hydroxylation sites is 1. The number of anilines is 1. The molecule has 1 amide bonds. The average molecular weight is 523 g/mol. The minimum atomic E-state index is -0.110. The number of ether oxygens (including phenoxy) is 2. The lowest BCUT2D eigenvalue weighted by atomic mass is 10.1. The Morgan fingerprint density at radius 3 is 2.36 bits per heavy atom. The van der Waals surface area contributed by atoms with E-state index < -0.39 is 0 Å². The van der Waals surface area contributed by atoms with Gasteiger partial charge in [-0.2, -0.15) is 0 Å². The van der Waals surface area contributed by atoms with E-state index in [1.807, 2.05) is 60.0 Å². The van der Waals surface area contributed by atoms with Crippen molar-refractivity contribution in [2.75, 3.05) is 17.7 Å². The van der Waals surface area contributed by atoms with Crippen molar-refractivity contribution in [3.05, 3.63) is 89.2 Å². The lowest BCUT2D eigenvalue weighted by molar-refractivity contribution is -0.113. The molecule has 0 unspecified atom stereocenters. The number of nitrogens with zero attached hydrogens (tertiary/aromatic N) is 3. The molecule has 4 rings (SSSR count). The van der Waals surface area contributed by atoms with Crippen LogP contribution in [0.2, 0.25) is 5.02 Å². The van der Waals surface area contributed by atoms with Crippen molar-refractivity contribution in [1.82, 2.24) is 14.8 Å². The Labute approximate surface area is 219 Å². The first-order valence-corrected chi connectivity index (χ1v) is 13.0. The number of halogens is 1. The molecular weight excluding hydrogens is 496 g/mol. The smallest absolute Gasteiger partial charge is 0.234 e. The molecular formula is C27H27ClN4O3S. The highest BCUT2D eigenvalue weighted by molar-refractivity contribution is 7.99. The molecule has 1 aromatic heterocycles. The largest absolute Gasteiger partial charge is 0.494 e. The van der Waals surface area contributed by atoms with Crippen molar-refractivity contribution in [2.45, 2.75) is 32.0 Å². The molecule has 36 heavy (non-hydrogen) atoms. The molecule has 186 valence electrons. The summed E-state index contributed by atoms with van der Waals surface area (Å²) in [6, 6.07) is 22.6. The van der Waals surface area contributed by atoms with E-state index in [2.05, 4.69) is 22.4 Å². The van der Waals surface area contributed by atoms with Gasteiger partial charge in [-0.05, 0) is 73.5 Å². The van der Waals surface area contributed by atoms with E-state index in [9.17, 15) is 4.79 Å². The maximum atomic E-state index is 12.7. The number of hydrogen-bond acceptors (Lipinski definition) is 6. The van der Waals surface area contributed by atoms with Crippen LogP contribution in [0.15, 0.2) is 78.0 Å². The minimum Gasteiger partial charge on any atom is -0.494 e. The number of amides is 1. The van der Waals surface area contributed by atoms with Crippen LogP contribution in [0.4, 0.5) is 5.69 Å². The molecule has 0 spiro atoms. The summed E-state index contributed by atoms with van der Waals surface area (Å²) in [5.74, 6) is 2.13. The van der Waals surface area contributed by atoms with Crippen LogP contribution in [0, 0.1) is 0 Å². The van der Waals surface area contributed by atoms with E-state index in [0.29, 0.717) is 28.4 Å². The summed E-state index contributed by atoms with van der Waals surface area (Å²) in [5.41, 5.74) is 2.77. The molecule has 7 nitrogen and oxygen atoms in total. The quantitative estimate of drug-likeness (QED) is 0.237. The van der Waals surface area contributed by atoms with Gasteiger partial charge < -0.3 is 14.8 Å². The third-order valence-corrected chi connectivity index (χ3v) is 6.47. The number of benzene rings is 3. The number of carbonyl (C=O) groups is 1. The van der Waals surface area contributed by atoms with Gasteiger partial charge in [-0.3, -0.25) is 9.36 Å². The monoisotopic (exact) mass is 522 g/mol. The molecule has 0 aliphatic heterocycles. The molecule has 3 aromatic carbocycles. The highest BCUT2D eigenvalue weighted by Gasteiger charge is 2.17. The molecule has 0 bridgehead atoms. The summed E-state index contributed by atoms with van der Waals surface area (Å²) in [7, 11) is 0. The first-order valence-electron chi connectivity index (χ1n) is 11.6. The molecule has 0 saturated heterocycles. The normalized spacial score (nSPS) is 10.8. The summed E-state index contributed by atoms with van der Waals surface area (Å²) in [6.45, 7) is 4.79. The second-order valence-corrected chi connectivity index (χ2v) is 9.13. The SMILES string of the molecule is CCOc1ccc(-n2c(COc3ccc(Cl)cc3)nnc2SCC(=O)Nc2ccccc2CC)cc1. The van der Waals surface area contributed by atoms with Crippen molar-refractivity contribution in [3.63, 3.8) is 0 Å². The van der Waals surface area contributed by atoms with Gasteiger partial charge in [0.25, 0.3) is 0 Å². The van der Waals surface area contributed by atoms with E-state index in [1.54, 1.807) is 24.3 Å². The molecule has 0 aliphatic carbocycles. The second kappa shape index (κ2) is 12.5. The lowest BCUT2D eigenvalue weighted by Crippen LogP contribution is -2.16. The second-order valence-electron chi connectivity index (χ2n) is 7.75. The van der Waals surface area contributed by atoms with Crippen molar-refractivity contribution in [1.29, 1.82) is 0 Å². The van der Waals surface area contributed by atoms with Crippen LogP contribution in [0.25, 0.3) is 5.69 Å². The van der Waals surface area contributed by atoms with Gasteiger partial charge in [0.1, 0.15) is 18.1 Å². The summed E-state index contributed by atoms with van der Waals surface area (Å²) >= 11 is 7.29. The van der Waals surface area contributed by atoms with E-state index in [1.165, 1.54) is 11.8 Å². The third-order valence-electron chi connectivity index (χ3n) is 5.29. The number of nitrogens with one attached hydrogen (secondary N) is 1. The van der Waals surface area contributed by atoms with Crippen molar-refractivity contribution in [3.8, 4) is 17.2 Å². The molecule has 9 heteroatoms. The van der Waals surface area contributed by atoms with Gasteiger partial charge in [0.2, 0.25) is 5.91 Å². The number of rotatable bonds is 11. The van der Waals surface area contributed by atoms with E-state index in [-0.39, 0.29) is 18.3 Å². The van der Waals surface area contributed by atoms with Crippen LogP contribution in [0.5, 0.6) is 11.5 Å². The number of aryl methyl sites for hydroxylation is 1. The molecule has 0 saturated carbocycles. The zero-order valence-corrected chi connectivity index (χ0v) is 21.7. The van der Waals surface area contributed by atoms with Crippen molar-refractivity contribution >= 4 is 35.0 Å². The van der Waals surface area contributed by atoms with Crippen molar-refractivity contribution in [2.24, 2.45) is 0 Å². The van der Waals surface area contributed by atoms with Crippen LogP contribution in [-0.4, -0.2) is 33.0 Å². The zero-order chi connectivity index (χ0) is 25.3. The first-order chi connectivity index (χ1) is 17.6. The molecule has 0 atom stereocenters. The fraction of sp³-hybridized carbons (Fsp3) is 0.222. The van der Waals surface area contributed by atoms with Crippen molar-refractivity contribution < 1.29 is 14.3 Å². The fourth-order valence-corrected chi connectivity index (χ4v) is 4.45. The molecule has 0 aliphatic rings. The van der Waals surface area contributed by atoms with E-state index in [4.69, 9.17) is 21.1 Å². The molecule has 0 radical (unpaired) electrons. The maximum Gasteiger partial charge on any atom is 0.234 e. The Morgan fingerprint density at radius 1 is 0.944 bits per heavy atom. The highest BCUT2D eigenvalue weighted by Crippen LogP contribution is 2.26. The van der Waals surface area contributed by atoms with Gasteiger partial charge in [-0.15, -0.1) is 10.2 Å². The highest BCUT2D eigenvalue weighted by atomic mass is 35.5. The Morgan fingerprint density at radius 2 is 1.64 bits per heavy atom. The predicted octanol–water partition coefficient (Wildman–Crippen LogP) is 6.19. The van der Waals surface area contributed by atoms with E-state index in [0.717, 1.165) is 29.1 Å². The number of thioether (sulfide) groups is 1. The summed E-state index contributed by atoms with van der Waals surface area (Å²) in [4.78, 5) is 12.7. The summed E-state index contributed by atoms with van der Waals surface area (Å²) < 4.78 is 13.4. The third kappa shape index (κ3) is 6.59. The van der Waals surface area contributed by atoms with Gasteiger partial charge in [-0.25, -0.2) is 0 Å². The first kappa shape index (κ1) is 25.6. The molecule has 4 aromatic rings. The van der Waals surface area contributed by atoms with Gasteiger partial charge in [0.15, 0.2) is 11.0 Å². The number of hydrogen-bond donors (Lipinski definition) is 1. The molecule has 1 heterocycles. The van der Waals surface area contributed by atoms with Crippen LogP contribution >= 0.6 is 23.4 Å². The summed E-state index contributed by atoms with van der Waals surface area (Å²) in [5, 5.41) is 12.9. The Bertz CT molecular complexity index is 1290. The predicted molar refractivity (Wildman–Crippen MR) is 143 cm³/mol. The van der Waals surface area contributed by atoms with Gasteiger partial charge >= 0.3 is 0 Å². The molecule has 0 fully saturated rings. The van der Waals surface area contributed by atoms with Crippen LogP contribution in [0.1, 0.15) is 25.2 Å². The van der Waals surface area contributed by atoms with Gasteiger partial charge in [-0.1, -0.05) is 48.5 Å². The minimum absolute atomic E-state index is 0.110. The maximum absolute atomic E-state index is 12.7. The number of aromatic nitrogens is 3. The fourth-order valence-electron chi connectivity index (χ4n) is 3.55. The van der Waals surface area contributed by atoms with E-state index >= 15 is 0 Å². The summed E-state index contributed by atoms with van der Waals surface area (Å²) in [6.07, 6.45) is 0.840. The number of carbonyl (C=O) groups excluding carboxylic acids is 1. The zero-order valence-electron chi connectivity index (χ0n) is 20.1. The Kier molecular flexibility index (Phi) is 8.86. The topological polar surface area (TPSA) is 78.3 Å². The van der Waals surface area contributed by atoms with Crippen LogP contribution in [-0.2, 0) is 17.8 Å². The Balaban J connectivity index is 1.52. The average Bonchev–Trinajstić information content (AvgIpc) is 3.31. The van der Waals surface area contributed by atoms with Gasteiger partial charge in [0, 0.05) is 16.4 Å². The van der Waals surface area contributed by atoms with Gasteiger partial charge in [0.05, 0.1) is 12.4 Å². The lowest BCUT2D eigenvalue weighted by Gasteiger charge is -2.13. The standard InChI is InChI=1S/C27H27ClN4O3S/c1-3-19-7-5-6-8-24(19)29-26(33)18-36-27-31-30-25(17-35-23-13-9-20(28)10-14-23)32(27)21-11-15-22(16-12-21)34-4-2/h5-16H,3-4,17-18H2,1-2H3,(H,29,33). The molecule has 1 N–H and O–H groups in total. The van der Waals surface area contributed by atoms with Crippen LogP contribution < -0.4 is 14.8 Å². The van der Waals surface area contributed by atoms with Crippen LogP contribution in [0.3, 0.4) is 0 Å².